The summed E-state index contributed by atoms with van der Waals surface area (Å²) in [6, 6.07) is 10.1. The first-order chi connectivity index (χ1) is 7.85. The van der Waals surface area contributed by atoms with Gasteiger partial charge < -0.3 is 4.74 Å². The van der Waals surface area contributed by atoms with E-state index in [-0.39, 0.29) is 6.17 Å². The highest BCUT2D eigenvalue weighted by atomic mass is 16.5. The SMILES string of the molecule is CCN(CC)C1COC(c2ccccc2)=N1. The molecule has 1 aliphatic rings. The van der Waals surface area contributed by atoms with Crippen molar-refractivity contribution in [1.29, 1.82) is 0 Å². The third-order valence-electron chi connectivity index (χ3n) is 2.89. The molecule has 0 spiro atoms. The molecule has 86 valence electrons. The molecule has 0 aromatic heterocycles. The second kappa shape index (κ2) is 5.12. The van der Waals surface area contributed by atoms with Gasteiger partial charge in [-0.15, -0.1) is 0 Å². The monoisotopic (exact) mass is 218 g/mol. The zero-order valence-corrected chi connectivity index (χ0v) is 9.89. The molecule has 1 aromatic carbocycles. The van der Waals surface area contributed by atoms with Gasteiger partial charge in [0.15, 0.2) is 0 Å². The number of benzene rings is 1. The summed E-state index contributed by atoms with van der Waals surface area (Å²) < 4.78 is 5.64. The molecule has 0 radical (unpaired) electrons. The lowest BCUT2D eigenvalue weighted by atomic mass is 10.2. The Balaban J connectivity index is 2.12. The molecule has 0 amide bonds. The van der Waals surface area contributed by atoms with Crippen molar-refractivity contribution >= 4 is 5.90 Å². The van der Waals surface area contributed by atoms with Crippen molar-refractivity contribution in [2.24, 2.45) is 4.99 Å². The van der Waals surface area contributed by atoms with E-state index in [4.69, 9.17) is 4.74 Å². The van der Waals surface area contributed by atoms with Gasteiger partial charge in [-0.3, -0.25) is 4.90 Å². The van der Waals surface area contributed by atoms with Crippen molar-refractivity contribution in [1.82, 2.24) is 4.90 Å². The van der Waals surface area contributed by atoms with Crippen LogP contribution >= 0.6 is 0 Å². The molecule has 3 nitrogen and oxygen atoms in total. The maximum Gasteiger partial charge on any atom is 0.217 e. The molecular formula is C13H18N2O. The summed E-state index contributed by atoms with van der Waals surface area (Å²) in [5, 5.41) is 0. The van der Waals surface area contributed by atoms with Gasteiger partial charge in [0.1, 0.15) is 12.8 Å². The molecule has 0 bridgehead atoms. The van der Waals surface area contributed by atoms with E-state index >= 15 is 0 Å². The number of likely N-dealkylation sites (N-methyl/N-ethyl adjacent to an activating group) is 1. The summed E-state index contributed by atoms with van der Waals surface area (Å²) in [5.74, 6) is 0.775. The molecule has 1 atom stereocenters. The van der Waals surface area contributed by atoms with Gasteiger partial charge in [-0.2, -0.15) is 0 Å². The Hall–Kier alpha value is -1.35. The fraction of sp³-hybridized carbons (Fsp3) is 0.462. The van der Waals surface area contributed by atoms with Crippen molar-refractivity contribution in [3.8, 4) is 0 Å². The molecule has 1 heterocycles. The molecular weight excluding hydrogens is 200 g/mol. The predicted molar refractivity (Wildman–Crippen MR) is 65.6 cm³/mol. The van der Waals surface area contributed by atoms with Crippen LogP contribution in [0.2, 0.25) is 0 Å². The van der Waals surface area contributed by atoms with Crippen LogP contribution in [0, 0.1) is 0 Å². The third-order valence-corrected chi connectivity index (χ3v) is 2.89. The Morgan fingerprint density at radius 2 is 1.94 bits per heavy atom. The van der Waals surface area contributed by atoms with Crippen LogP contribution < -0.4 is 0 Å². The number of hydrogen-bond acceptors (Lipinski definition) is 3. The summed E-state index contributed by atoms with van der Waals surface area (Å²) in [6.45, 7) is 7.00. The number of ether oxygens (including phenoxy) is 1. The fourth-order valence-corrected chi connectivity index (χ4v) is 1.93. The van der Waals surface area contributed by atoms with Crippen molar-refractivity contribution < 1.29 is 4.74 Å². The fourth-order valence-electron chi connectivity index (χ4n) is 1.93. The van der Waals surface area contributed by atoms with E-state index in [2.05, 4.69) is 23.7 Å². The number of hydrogen-bond donors (Lipinski definition) is 0. The summed E-state index contributed by atoms with van der Waals surface area (Å²) in [7, 11) is 0. The highest BCUT2D eigenvalue weighted by molar-refractivity contribution is 5.95. The van der Waals surface area contributed by atoms with Crippen LogP contribution in [-0.4, -0.2) is 36.7 Å². The van der Waals surface area contributed by atoms with Crippen LogP contribution in [-0.2, 0) is 4.74 Å². The molecule has 1 unspecified atom stereocenters. The van der Waals surface area contributed by atoms with E-state index in [1.807, 2.05) is 30.3 Å². The number of nitrogens with zero attached hydrogens (tertiary/aromatic N) is 2. The van der Waals surface area contributed by atoms with Crippen LogP contribution in [0.1, 0.15) is 19.4 Å². The first-order valence-electron chi connectivity index (χ1n) is 5.85. The third kappa shape index (κ3) is 2.25. The standard InChI is InChI=1S/C13H18N2O/c1-3-15(4-2)12-10-16-13(14-12)11-8-6-5-7-9-11/h5-9,12H,3-4,10H2,1-2H3. The minimum absolute atomic E-state index is 0.185. The largest absolute Gasteiger partial charge is 0.474 e. The number of aliphatic imine (C=N–C) groups is 1. The molecule has 2 rings (SSSR count). The van der Waals surface area contributed by atoms with Crippen LogP contribution in [0.4, 0.5) is 0 Å². The van der Waals surface area contributed by atoms with Crippen molar-refractivity contribution in [3.05, 3.63) is 35.9 Å². The summed E-state index contributed by atoms with van der Waals surface area (Å²) >= 11 is 0. The summed E-state index contributed by atoms with van der Waals surface area (Å²) in [5.41, 5.74) is 1.07. The lowest BCUT2D eigenvalue weighted by Gasteiger charge is -2.21. The molecule has 1 aromatic rings. The van der Waals surface area contributed by atoms with Gasteiger partial charge in [0.2, 0.25) is 5.90 Å². The minimum atomic E-state index is 0.185. The first-order valence-corrected chi connectivity index (χ1v) is 5.85. The van der Waals surface area contributed by atoms with Gasteiger partial charge in [0.05, 0.1) is 0 Å². The van der Waals surface area contributed by atoms with E-state index < -0.39 is 0 Å². The lowest BCUT2D eigenvalue weighted by molar-refractivity contribution is 0.175. The second-order valence-electron chi connectivity index (χ2n) is 3.81. The van der Waals surface area contributed by atoms with Crippen LogP contribution in [0.25, 0.3) is 0 Å². The van der Waals surface area contributed by atoms with Gasteiger partial charge in [0, 0.05) is 5.56 Å². The van der Waals surface area contributed by atoms with Crippen LogP contribution in [0.3, 0.4) is 0 Å². The quantitative estimate of drug-likeness (QED) is 0.773. The number of rotatable bonds is 4. The maximum absolute atomic E-state index is 5.64. The van der Waals surface area contributed by atoms with E-state index in [1.54, 1.807) is 0 Å². The second-order valence-corrected chi connectivity index (χ2v) is 3.81. The van der Waals surface area contributed by atoms with Crippen LogP contribution in [0.5, 0.6) is 0 Å². The molecule has 1 aliphatic heterocycles. The van der Waals surface area contributed by atoms with Crippen molar-refractivity contribution in [3.63, 3.8) is 0 Å². The molecule has 0 saturated carbocycles. The van der Waals surface area contributed by atoms with Gasteiger partial charge in [-0.25, -0.2) is 4.99 Å². The lowest BCUT2D eigenvalue weighted by Crippen LogP contribution is -2.34. The van der Waals surface area contributed by atoms with Gasteiger partial charge >= 0.3 is 0 Å². The zero-order valence-electron chi connectivity index (χ0n) is 9.89. The normalized spacial score (nSPS) is 19.7. The maximum atomic E-state index is 5.64. The Kier molecular flexibility index (Phi) is 3.57. The van der Waals surface area contributed by atoms with Crippen molar-refractivity contribution in [2.45, 2.75) is 20.0 Å². The van der Waals surface area contributed by atoms with Gasteiger partial charge in [0.25, 0.3) is 0 Å². The Morgan fingerprint density at radius 3 is 2.56 bits per heavy atom. The van der Waals surface area contributed by atoms with Crippen LogP contribution in [0.15, 0.2) is 35.3 Å². The highest BCUT2D eigenvalue weighted by Crippen LogP contribution is 2.14. The molecule has 3 heteroatoms. The molecule has 0 N–H and O–H groups in total. The van der Waals surface area contributed by atoms with E-state index in [9.17, 15) is 0 Å². The predicted octanol–water partition coefficient (Wildman–Crippen LogP) is 2.13. The molecule has 16 heavy (non-hydrogen) atoms. The molecule has 0 aliphatic carbocycles. The molecule has 0 fully saturated rings. The summed E-state index contributed by atoms with van der Waals surface area (Å²) in [6.07, 6.45) is 0.185. The smallest absolute Gasteiger partial charge is 0.217 e. The van der Waals surface area contributed by atoms with E-state index in [0.29, 0.717) is 6.61 Å². The highest BCUT2D eigenvalue weighted by Gasteiger charge is 2.23. The average Bonchev–Trinajstić information content (AvgIpc) is 2.81. The van der Waals surface area contributed by atoms with E-state index in [0.717, 1.165) is 24.6 Å². The minimum Gasteiger partial charge on any atom is -0.474 e. The Morgan fingerprint density at radius 1 is 1.25 bits per heavy atom. The Labute approximate surface area is 96.7 Å². The van der Waals surface area contributed by atoms with Crippen molar-refractivity contribution in [2.75, 3.05) is 19.7 Å². The summed E-state index contributed by atoms with van der Waals surface area (Å²) in [4.78, 5) is 6.92. The molecule has 0 saturated heterocycles. The topological polar surface area (TPSA) is 24.8 Å². The van der Waals surface area contributed by atoms with Gasteiger partial charge in [-0.1, -0.05) is 32.0 Å². The Bertz CT molecular complexity index is 357. The first kappa shape index (κ1) is 11.1. The average molecular weight is 218 g/mol. The van der Waals surface area contributed by atoms with E-state index in [1.165, 1.54) is 0 Å². The van der Waals surface area contributed by atoms with Gasteiger partial charge in [-0.05, 0) is 25.2 Å². The zero-order chi connectivity index (χ0) is 11.4.